The lowest BCUT2D eigenvalue weighted by Gasteiger charge is -2.27. The number of hydrogen-bond acceptors (Lipinski definition) is 3. The number of carbonyl (C=O) groups is 2. The lowest BCUT2D eigenvalue weighted by molar-refractivity contribution is -0.120. The summed E-state index contributed by atoms with van der Waals surface area (Å²) >= 11 is 1.55. The molecule has 0 aliphatic carbocycles. The van der Waals surface area contributed by atoms with E-state index in [0.717, 1.165) is 23.8 Å². The minimum absolute atomic E-state index is 0.221. The van der Waals surface area contributed by atoms with E-state index in [4.69, 9.17) is 0 Å². The first kappa shape index (κ1) is 18.4. The normalized spacial score (nSPS) is 14.3. The van der Waals surface area contributed by atoms with Gasteiger partial charge in [-0.2, -0.15) is 11.8 Å². The van der Waals surface area contributed by atoms with Crippen LogP contribution in [-0.4, -0.2) is 34.8 Å². The Morgan fingerprint density at radius 2 is 2.04 bits per heavy atom. The summed E-state index contributed by atoms with van der Waals surface area (Å²) in [7, 11) is 0. The van der Waals surface area contributed by atoms with Gasteiger partial charge in [0.15, 0.2) is 0 Å². The van der Waals surface area contributed by atoms with Crippen molar-refractivity contribution in [2.45, 2.75) is 19.0 Å². The Bertz CT molecular complexity index is 844. The zero-order valence-electron chi connectivity index (χ0n) is 14.2. The number of hydrogen-bond donors (Lipinski definition) is 1. The number of benzene rings is 2. The maximum Gasteiger partial charge on any atom is 0.255 e. The van der Waals surface area contributed by atoms with E-state index >= 15 is 0 Å². The molecule has 0 radical (unpaired) electrons. The maximum atomic E-state index is 13.8. The van der Waals surface area contributed by atoms with Crippen LogP contribution in [-0.2, 0) is 11.3 Å². The molecule has 26 heavy (non-hydrogen) atoms. The first-order valence-electron chi connectivity index (χ1n) is 8.15. The van der Waals surface area contributed by atoms with Crippen LogP contribution in [0.3, 0.4) is 0 Å². The Hall–Kier alpha value is -2.41. The van der Waals surface area contributed by atoms with Crippen molar-refractivity contribution in [3.8, 4) is 0 Å². The molecule has 3 rings (SSSR count). The summed E-state index contributed by atoms with van der Waals surface area (Å²) in [5.74, 6) is -1.46. The fourth-order valence-corrected chi connectivity index (χ4v) is 3.45. The van der Waals surface area contributed by atoms with E-state index in [1.165, 1.54) is 4.90 Å². The minimum atomic E-state index is -0.759. The molecule has 2 amide bonds. The predicted molar refractivity (Wildman–Crippen MR) is 98.1 cm³/mol. The summed E-state index contributed by atoms with van der Waals surface area (Å²) in [6.45, 7) is 0.326. The van der Waals surface area contributed by atoms with Crippen molar-refractivity contribution in [1.29, 1.82) is 0 Å². The van der Waals surface area contributed by atoms with Crippen LogP contribution in [0.15, 0.2) is 42.5 Å². The van der Waals surface area contributed by atoms with Crippen LogP contribution >= 0.6 is 11.8 Å². The lowest BCUT2D eigenvalue weighted by Crippen LogP contribution is -2.44. The van der Waals surface area contributed by atoms with Crippen molar-refractivity contribution in [1.82, 2.24) is 4.90 Å². The minimum Gasteiger partial charge on any atom is -0.322 e. The van der Waals surface area contributed by atoms with E-state index in [1.54, 1.807) is 23.9 Å². The number of thioether (sulfide) groups is 1. The van der Waals surface area contributed by atoms with Crippen molar-refractivity contribution in [3.05, 3.63) is 65.2 Å². The van der Waals surface area contributed by atoms with Gasteiger partial charge in [-0.25, -0.2) is 8.78 Å². The van der Waals surface area contributed by atoms with Gasteiger partial charge >= 0.3 is 0 Å². The molecule has 0 saturated carbocycles. The van der Waals surface area contributed by atoms with E-state index in [9.17, 15) is 18.4 Å². The molecular formula is C19H18F2N2O2S. The third-order valence-electron chi connectivity index (χ3n) is 4.31. The fourth-order valence-electron chi connectivity index (χ4n) is 3.00. The summed E-state index contributed by atoms with van der Waals surface area (Å²) in [6.07, 6.45) is 2.32. The monoisotopic (exact) mass is 376 g/mol. The number of fused-ring (bicyclic) bond motifs is 1. The van der Waals surface area contributed by atoms with E-state index in [-0.39, 0.29) is 11.6 Å². The van der Waals surface area contributed by atoms with Crippen molar-refractivity contribution < 1.29 is 18.4 Å². The largest absolute Gasteiger partial charge is 0.322 e. The number of carbonyl (C=O) groups excluding carboxylic acids is 2. The van der Waals surface area contributed by atoms with Gasteiger partial charge in [-0.15, -0.1) is 0 Å². The van der Waals surface area contributed by atoms with Crippen molar-refractivity contribution >= 4 is 29.3 Å². The molecule has 4 nitrogen and oxygen atoms in total. The summed E-state index contributed by atoms with van der Waals surface area (Å²) in [5, 5.41) is 2.43. The molecule has 1 atom stereocenters. The van der Waals surface area contributed by atoms with Crippen LogP contribution in [0.2, 0.25) is 0 Å². The number of nitrogens with zero attached hydrogens (tertiary/aromatic N) is 1. The Morgan fingerprint density at radius 3 is 2.77 bits per heavy atom. The molecule has 1 N–H and O–H groups in total. The molecule has 0 spiro atoms. The zero-order valence-corrected chi connectivity index (χ0v) is 15.0. The fraction of sp³-hybridized carbons (Fsp3) is 0.263. The van der Waals surface area contributed by atoms with Gasteiger partial charge in [-0.1, -0.05) is 18.2 Å². The highest BCUT2D eigenvalue weighted by molar-refractivity contribution is 7.98. The average molecular weight is 376 g/mol. The highest BCUT2D eigenvalue weighted by Crippen LogP contribution is 2.27. The van der Waals surface area contributed by atoms with E-state index in [0.29, 0.717) is 24.3 Å². The zero-order chi connectivity index (χ0) is 18.7. The number of nitrogens with one attached hydrogen (secondary N) is 1. The highest BCUT2D eigenvalue weighted by atomic mass is 32.2. The standard InChI is InChI=1S/C19H18F2N2O2S/c1-26-9-8-17(18(24)22-16-10-13(20)6-7-15(16)21)23-11-12-4-2-3-5-14(12)19(23)25/h2-7,10,17H,8-9,11H2,1H3,(H,22,24)/t17-/m0/s1. The van der Waals surface area contributed by atoms with Crippen LogP contribution in [0.5, 0.6) is 0 Å². The molecule has 0 saturated heterocycles. The number of amides is 2. The molecular weight excluding hydrogens is 358 g/mol. The van der Waals surface area contributed by atoms with Gasteiger partial charge in [0.1, 0.15) is 17.7 Å². The molecule has 0 bridgehead atoms. The van der Waals surface area contributed by atoms with Crippen molar-refractivity contribution in [2.24, 2.45) is 0 Å². The predicted octanol–water partition coefficient (Wildman–Crippen LogP) is 3.68. The molecule has 1 aliphatic heterocycles. The molecule has 0 aromatic heterocycles. The summed E-state index contributed by atoms with van der Waals surface area (Å²) in [4.78, 5) is 26.9. The molecule has 7 heteroatoms. The highest BCUT2D eigenvalue weighted by Gasteiger charge is 2.36. The van der Waals surface area contributed by atoms with Gasteiger partial charge in [0, 0.05) is 18.2 Å². The van der Waals surface area contributed by atoms with Crippen LogP contribution in [0.4, 0.5) is 14.5 Å². The Balaban J connectivity index is 1.83. The maximum absolute atomic E-state index is 13.8. The first-order chi connectivity index (χ1) is 12.5. The van der Waals surface area contributed by atoms with Gasteiger partial charge in [-0.05, 0) is 42.2 Å². The van der Waals surface area contributed by atoms with E-state index in [1.807, 2.05) is 18.4 Å². The van der Waals surface area contributed by atoms with Gasteiger partial charge in [0.2, 0.25) is 5.91 Å². The topological polar surface area (TPSA) is 49.4 Å². The van der Waals surface area contributed by atoms with E-state index < -0.39 is 23.6 Å². The summed E-state index contributed by atoms with van der Waals surface area (Å²) < 4.78 is 27.2. The second-order valence-corrected chi connectivity index (χ2v) is 6.99. The van der Waals surface area contributed by atoms with Gasteiger partial charge in [-0.3, -0.25) is 9.59 Å². The third kappa shape index (κ3) is 3.72. The Morgan fingerprint density at radius 1 is 1.27 bits per heavy atom. The molecule has 1 heterocycles. The van der Waals surface area contributed by atoms with Crippen LogP contribution < -0.4 is 5.32 Å². The summed E-state index contributed by atoms with van der Waals surface area (Å²) in [5.41, 5.74) is 1.20. The van der Waals surface area contributed by atoms with Gasteiger partial charge in [0.25, 0.3) is 5.91 Å². The van der Waals surface area contributed by atoms with Gasteiger partial charge < -0.3 is 10.2 Å². The third-order valence-corrected chi connectivity index (χ3v) is 4.95. The lowest BCUT2D eigenvalue weighted by atomic mass is 10.1. The molecule has 0 fully saturated rings. The quantitative estimate of drug-likeness (QED) is 0.837. The summed E-state index contributed by atoms with van der Waals surface area (Å²) in [6, 6.07) is 9.31. The van der Waals surface area contributed by atoms with Crippen molar-refractivity contribution in [3.63, 3.8) is 0 Å². The Labute approximate surface area is 154 Å². The van der Waals surface area contributed by atoms with E-state index in [2.05, 4.69) is 5.32 Å². The average Bonchev–Trinajstić information content (AvgIpc) is 2.96. The number of anilines is 1. The second kappa shape index (κ2) is 7.86. The second-order valence-electron chi connectivity index (χ2n) is 6.00. The van der Waals surface area contributed by atoms with Crippen LogP contribution in [0, 0.1) is 11.6 Å². The van der Waals surface area contributed by atoms with Crippen LogP contribution in [0.1, 0.15) is 22.3 Å². The SMILES string of the molecule is CSCC[C@@H](C(=O)Nc1cc(F)ccc1F)N1Cc2ccccc2C1=O. The van der Waals surface area contributed by atoms with Crippen molar-refractivity contribution in [2.75, 3.05) is 17.3 Å². The molecule has 0 unspecified atom stereocenters. The van der Waals surface area contributed by atoms with Gasteiger partial charge in [0.05, 0.1) is 5.69 Å². The number of halogens is 2. The van der Waals surface area contributed by atoms with Crippen LogP contribution in [0.25, 0.3) is 0 Å². The molecule has 1 aliphatic rings. The molecule has 2 aromatic carbocycles. The Kier molecular flexibility index (Phi) is 5.56. The molecule has 2 aromatic rings. The smallest absolute Gasteiger partial charge is 0.255 e. The number of rotatable bonds is 6. The molecule has 136 valence electrons. The first-order valence-corrected chi connectivity index (χ1v) is 9.54.